The SMILES string of the molecule is CS(=O)(=O)N1CCN(C(=O)N[C@@H](C(=O)N[C@H]2Cc3ccc(F)c(C(=O)O)c3OB2O)c2c(F)c(F)c(O)c(O)c2Cl)C1=O. The van der Waals surface area contributed by atoms with Crippen molar-refractivity contribution in [2.24, 2.45) is 0 Å². The molecular formula is C22H19BClF3N4O11S. The zero-order valence-corrected chi connectivity index (χ0v) is 23.0. The van der Waals surface area contributed by atoms with Crippen LogP contribution in [0.5, 0.6) is 17.2 Å². The van der Waals surface area contributed by atoms with Crippen molar-refractivity contribution in [1.82, 2.24) is 19.8 Å². The molecule has 2 aliphatic rings. The average Bonchev–Trinajstić information content (AvgIpc) is 3.32. The molecule has 2 aliphatic heterocycles. The number of halogens is 4. The van der Waals surface area contributed by atoms with Crippen LogP contribution in [0, 0.1) is 17.5 Å². The van der Waals surface area contributed by atoms with Gasteiger partial charge in [0.25, 0.3) is 0 Å². The molecule has 0 bridgehead atoms. The zero-order valence-electron chi connectivity index (χ0n) is 21.5. The standard InChI is InChI=1S/C22H19BClF3N4O11S/c1-43(40,41)31-5-4-30(22(31)38)21(37)29-15(11-12(24)16(32)17(33)14(27)13(11)26)19(34)28-9-6-7-2-3-8(25)10(20(35)36)18(7)42-23(9)39/h2-3,9,15,32-33,39H,4-6H2,1H3,(H,28,34)(H,29,37)(H,35,36)/t9-,15+/m0/s1. The Morgan fingerprint density at radius 1 is 1.14 bits per heavy atom. The van der Waals surface area contributed by atoms with Gasteiger partial charge in [-0.2, -0.15) is 4.39 Å². The quantitative estimate of drug-likeness (QED) is 0.143. The number of carboxylic acids is 1. The number of aromatic hydroxyl groups is 2. The molecule has 2 heterocycles. The normalized spacial score (nSPS) is 17.3. The molecule has 0 aromatic heterocycles. The van der Waals surface area contributed by atoms with Crippen LogP contribution in [0.2, 0.25) is 5.02 Å². The van der Waals surface area contributed by atoms with Crippen molar-refractivity contribution >= 4 is 52.7 Å². The van der Waals surface area contributed by atoms with Crippen LogP contribution in [0.4, 0.5) is 22.8 Å². The van der Waals surface area contributed by atoms with Gasteiger partial charge in [-0.3, -0.25) is 4.79 Å². The molecule has 0 spiro atoms. The number of carbonyl (C=O) groups excluding carboxylic acids is 3. The van der Waals surface area contributed by atoms with Crippen LogP contribution in [-0.2, 0) is 21.2 Å². The predicted octanol–water partition coefficient (Wildman–Crippen LogP) is 0.454. The number of urea groups is 2. The van der Waals surface area contributed by atoms with Gasteiger partial charge in [0.05, 0.1) is 30.3 Å². The van der Waals surface area contributed by atoms with Gasteiger partial charge in [0.2, 0.25) is 21.7 Å². The first-order valence-corrected chi connectivity index (χ1v) is 14.1. The Morgan fingerprint density at radius 3 is 2.37 bits per heavy atom. The first kappa shape index (κ1) is 31.5. The summed E-state index contributed by atoms with van der Waals surface area (Å²) in [6.07, 6.45) is 0.270. The van der Waals surface area contributed by atoms with Crippen LogP contribution in [0.3, 0.4) is 0 Å². The Kier molecular flexibility index (Phi) is 8.31. The summed E-state index contributed by atoms with van der Waals surface area (Å²) in [5.41, 5.74) is -2.15. The first-order valence-electron chi connectivity index (χ1n) is 11.8. The third-order valence-electron chi connectivity index (χ3n) is 6.49. The molecule has 0 radical (unpaired) electrons. The number of aromatic carboxylic acids is 1. The monoisotopic (exact) mass is 650 g/mol. The fourth-order valence-corrected chi connectivity index (χ4v) is 5.49. The Labute approximate surface area is 244 Å². The molecule has 0 aliphatic carbocycles. The molecule has 15 nitrogen and oxygen atoms in total. The minimum atomic E-state index is -4.12. The second-order valence-electron chi connectivity index (χ2n) is 9.25. The lowest BCUT2D eigenvalue weighted by Crippen LogP contribution is -2.56. The molecule has 2 atom stereocenters. The van der Waals surface area contributed by atoms with Gasteiger partial charge in [0.15, 0.2) is 17.3 Å². The molecule has 1 fully saturated rings. The molecule has 43 heavy (non-hydrogen) atoms. The van der Waals surface area contributed by atoms with Crippen LogP contribution in [0.25, 0.3) is 0 Å². The van der Waals surface area contributed by atoms with E-state index in [1.165, 1.54) is 0 Å². The minimum Gasteiger partial charge on any atom is -0.534 e. The fourth-order valence-electron chi connectivity index (χ4n) is 4.42. The lowest BCUT2D eigenvalue weighted by atomic mass is 9.72. The van der Waals surface area contributed by atoms with E-state index in [-0.39, 0.29) is 5.56 Å². The van der Waals surface area contributed by atoms with E-state index in [0.29, 0.717) is 15.5 Å². The number of hydrogen-bond donors (Lipinski definition) is 6. The van der Waals surface area contributed by atoms with E-state index in [1.807, 2.05) is 5.32 Å². The number of carboxylic acid groups (broad SMARTS) is 1. The van der Waals surface area contributed by atoms with Gasteiger partial charge in [-0.05, 0) is 18.1 Å². The highest BCUT2D eigenvalue weighted by molar-refractivity contribution is 7.88. The molecule has 5 amide bonds. The number of amides is 5. The summed E-state index contributed by atoms with van der Waals surface area (Å²) >= 11 is 5.89. The van der Waals surface area contributed by atoms with Crippen LogP contribution < -0.4 is 15.3 Å². The number of hydrogen-bond acceptors (Lipinski definition) is 10. The van der Waals surface area contributed by atoms with Crippen LogP contribution in [0.15, 0.2) is 12.1 Å². The van der Waals surface area contributed by atoms with Gasteiger partial charge >= 0.3 is 25.1 Å². The maximum atomic E-state index is 15.1. The van der Waals surface area contributed by atoms with Crippen molar-refractivity contribution in [2.75, 3.05) is 19.3 Å². The lowest BCUT2D eigenvalue weighted by Gasteiger charge is -2.31. The number of nitrogens with zero attached hydrogens (tertiary/aromatic N) is 2. The fraction of sp³-hybridized carbons (Fsp3) is 0.273. The van der Waals surface area contributed by atoms with Crippen molar-refractivity contribution in [2.45, 2.75) is 18.4 Å². The summed E-state index contributed by atoms with van der Waals surface area (Å²) in [5, 5.41) is 42.2. The van der Waals surface area contributed by atoms with Gasteiger partial charge < -0.3 is 35.6 Å². The molecule has 0 unspecified atom stereocenters. The number of phenols is 2. The highest BCUT2D eigenvalue weighted by Gasteiger charge is 2.44. The summed E-state index contributed by atoms with van der Waals surface area (Å²) in [5.74, 6) is -13.6. The van der Waals surface area contributed by atoms with E-state index >= 15 is 4.39 Å². The van der Waals surface area contributed by atoms with Crippen molar-refractivity contribution in [3.05, 3.63) is 51.3 Å². The van der Waals surface area contributed by atoms with Crippen molar-refractivity contribution < 1.29 is 65.8 Å². The Bertz CT molecular complexity index is 1650. The molecule has 21 heteroatoms. The smallest absolute Gasteiger partial charge is 0.534 e. The topological polar surface area (TPSA) is 223 Å². The van der Waals surface area contributed by atoms with Crippen LogP contribution >= 0.6 is 11.6 Å². The van der Waals surface area contributed by atoms with E-state index in [9.17, 15) is 56.7 Å². The Balaban J connectivity index is 1.69. The van der Waals surface area contributed by atoms with Gasteiger partial charge in [-0.15, -0.1) is 0 Å². The molecule has 6 N–H and O–H groups in total. The van der Waals surface area contributed by atoms with Crippen LogP contribution in [-0.4, -0.2) is 94.3 Å². The Morgan fingerprint density at radius 2 is 1.79 bits per heavy atom. The molecular weight excluding hydrogens is 632 g/mol. The summed E-state index contributed by atoms with van der Waals surface area (Å²) < 4.78 is 72.6. The number of imide groups is 1. The van der Waals surface area contributed by atoms with Gasteiger partial charge in [-0.1, -0.05) is 17.7 Å². The average molecular weight is 651 g/mol. The van der Waals surface area contributed by atoms with E-state index in [0.717, 1.165) is 12.1 Å². The molecule has 230 valence electrons. The minimum absolute atomic E-state index is 0.00366. The van der Waals surface area contributed by atoms with Gasteiger partial charge in [-0.25, -0.2) is 40.8 Å². The highest BCUT2D eigenvalue weighted by atomic mass is 35.5. The van der Waals surface area contributed by atoms with Crippen LogP contribution in [0.1, 0.15) is 27.5 Å². The Hall–Kier alpha value is -4.43. The number of nitrogens with one attached hydrogen (secondary N) is 2. The van der Waals surface area contributed by atoms with E-state index in [1.54, 1.807) is 0 Å². The second-order valence-corrected chi connectivity index (χ2v) is 11.5. The van der Waals surface area contributed by atoms with E-state index < -0.39 is 123 Å². The van der Waals surface area contributed by atoms with Gasteiger partial charge in [0, 0.05) is 5.56 Å². The molecule has 2 aromatic carbocycles. The maximum absolute atomic E-state index is 15.1. The van der Waals surface area contributed by atoms with Crippen molar-refractivity contribution in [3.8, 4) is 17.2 Å². The summed E-state index contributed by atoms with van der Waals surface area (Å²) in [4.78, 5) is 50.7. The highest BCUT2D eigenvalue weighted by Crippen LogP contribution is 2.43. The number of rotatable bonds is 6. The van der Waals surface area contributed by atoms with Gasteiger partial charge in [0.1, 0.15) is 23.2 Å². The lowest BCUT2D eigenvalue weighted by molar-refractivity contribution is -0.123. The molecule has 1 saturated heterocycles. The zero-order chi connectivity index (χ0) is 32.1. The summed E-state index contributed by atoms with van der Waals surface area (Å²) in [6, 6.07) is -3.38. The third-order valence-corrected chi connectivity index (χ3v) is 8.02. The predicted molar refractivity (Wildman–Crippen MR) is 137 cm³/mol. The largest absolute Gasteiger partial charge is 0.547 e. The number of carbonyl (C=O) groups is 4. The maximum Gasteiger partial charge on any atom is 0.547 e. The number of benzene rings is 2. The van der Waals surface area contributed by atoms with Crippen molar-refractivity contribution in [1.29, 1.82) is 0 Å². The van der Waals surface area contributed by atoms with E-state index in [4.69, 9.17) is 16.3 Å². The number of sulfonamides is 1. The molecule has 0 saturated carbocycles. The van der Waals surface area contributed by atoms with Crippen molar-refractivity contribution in [3.63, 3.8) is 0 Å². The summed E-state index contributed by atoms with van der Waals surface area (Å²) in [7, 11) is -6.17. The third kappa shape index (κ3) is 5.67. The first-order chi connectivity index (χ1) is 19.9. The molecule has 4 rings (SSSR count). The number of phenolic OH excluding ortho intramolecular Hbond substituents is 2. The van der Waals surface area contributed by atoms with E-state index in [2.05, 4.69) is 5.32 Å². The summed E-state index contributed by atoms with van der Waals surface area (Å²) in [6.45, 7) is -0.998. The molecule has 2 aromatic rings. The second kappa shape index (κ2) is 11.3. The number of fused-ring (bicyclic) bond motifs is 1.